The van der Waals surface area contributed by atoms with Crippen molar-refractivity contribution < 1.29 is 35.5 Å². The lowest BCUT2D eigenvalue weighted by atomic mass is 9.92. The molecule has 1 aliphatic rings. The predicted octanol–water partition coefficient (Wildman–Crippen LogP) is 7.51. The number of aryl methyl sites for hydroxylation is 1. The first kappa shape index (κ1) is 25.8. The predicted molar refractivity (Wildman–Crippen MR) is 112 cm³/mol. The van der Waals surface area contributed by atoms with Crippen molar-refractivity contribution in [3.05, 3.63) is 70.0 Å². The maximum Gasteiger partial charge on any atom is 0.416 e. The lowest BCUT2D eigenvalue weighted by Crippen LogP contribution is -2.46. The molecule has 1 aliphatic heterocycles. The van der Waals surface area contributed by atoms with Crippen molar-refractivity contribution in [2.24, 2.45) is 0 Å². The van der Waals surface area contributed by atoms with E-state index >= 15 is 0 Å². The smallest absolute Gasteiger partial charge is 0.321 e. The average molecular weight is 490 g/mol. The van der Waals surface area contributed by atoms with Gasteiger partial charge in [-0.3, -0.25) is 0 Å². The molecular formula is C24H25F7N2O. The molecule has 186 valence electrons. The van der Waals surface area contributed by atoms with Gasteiger partial charge in [0.05, 0.1) is 23.2 Å². The Labute approximate surface area is 193 Å². The summed E-state index contributed by atoms with van der Waals surface area (Å²) < 4.78 is 93.2. The largest absolute Gasteiger partial charge is 0.416 e. The van der Waals surface area contributed by atoms with E-state index in [2.05, 4.69) is 0 Å². The molecule has 2 atom stereocenters. The molecule has 1 saturated heterocycles. The van der Waals surface area contributed by atoms with Gasteiger partial charge >= 0.3 is 18.4 Å². The number of alkyl halides is 6. The summed E-state index contributed by atoms with van der Waals surface area (Å²) in [5.41, 5.74) is -1.71. The topological polar surface area (TPSA) is 23.6 Å². The van der Waals surface area contributed by atoms with Crippen molar-refractivity contribution >= 4 is 6.03 Å². The SMILES string of the molecule is Cc1cc(F)ccc1C1CCCCN1C(=O)N(C)[C@H](C)c1cc(C(F)(F)F)cc(C(F)(F)F)c1. The molecule has 3 nitrogen and oxygen atoms in total. The Bertz CT molecular complexity index is 1020. The van der Waals surface area contributed by atoms with Crippen molar-refractivity contribution in [1.29, 1.82) is 0 Å². The highest BCUT2D eigenvalue weighted by Gasteiger charge is 2.38. The number of halogens is 7. The van der Waals surface area contributed by atoms with Crippen LogP contribution in [-0.2, 0) is 12.4 Å². The van der Waals surface area contributed by atoms with Gasteiger partial charge in [-0.15, -0.1) is 0 Å². The Kier molecular flexibility index (Phi) is 7.19. The summed E-state index contributed by atoms with van der Waals surface area (Å²) in [6, 6.07) is 3.66. The van der Waals surface area contributed by atoms with Crippen LogP contribution in [0.2, 0.25) is 0 Å². The number of hydrogen-bond acceptors (Lipinski definition) is 1. The van der Waals surface area contributed by atoms with E-state index in [9.17, 15) is 35.5 Å². The first-order valence-corrected chi connectivity index (χ1v) is 10.8. The molecule has 1 heterocycles. The van der Waals surface area contributed by atoms with E-state index < -0.39 is 41.4 Å². The summed E-state index contributed by atoms with van der Waals surface area (Å²) in [6.45, 7) is 3.48. The molecule has 0 aliphatic carbocycles. The van der Waals surface area contributed by atoms with Crippen molar-refractivity contribution in [1.82, 2.24) is 9.80 Å². The van der Waals surface area contributed by atoms with E-state index in [1.807, 2.05) is 0 Å². The third-order valence-corrected chi connectivity index (χ3v) is 6.31. The second-order valence-electron chi connectivity index (χ2n) is 8.61. The van der Waals surface area contributed by atoms with Gasteiger partial charge < -0.3 is 9.80 Å². The zero-order chi connectivity index (χ0) is 25.4. The van der Waals surface area contributed by atoms with E-state index in [1.165, 1.54) is 26.1 Å². The van der Waals surface area contributed by atoms with Gasteiger partial charge in [0.2, 0.25) is 0 Å². The molecule has 3 rings (SSSR count). The Morgan fingerprint density at radius 1 is 1.00 bits per heavy atom. The Morgan fingerprint density at radius 2 is 1.59 bits per heavy atom. The number of carbonyl (C=O) groups is 1. The number of rotatable bonds is 3. The van der Waals surface area contributed by atoms with Gasteiger partial charge in [-0.2, -0.15) is 26.3 Å². The molecule has 0 spiro atoms. The molecule has 0 aromatic heterocycles. The van der Waals surface area contributed by atoms with Gasteiger partial charge in [0.15, 0.2) is 0 Å². The highest BCUT2D eigenvalue weighted by Crippen LogP contribution is 2.39. The molecule has 1 fully saturated rings. The van der Waals surface area contributed by atoms with Gasteiger partial charge in [-0.1, -0.05) is 6.07 Å². The summed E-state index contributed by atoms with van der Waals surface area (Å²) in [4.78, 5) is 16.1. The third kappa shape index (κ3) is 5.47. The molecule has 0 radical (unpaired) electrons. The summed E-state index contributed by atoms with van der Waals surface area (Å²) in [7, 11) is 1.35. The standard InChI is InChI=1S/C24H25F7N2O/c1-14-10-19(25)7-8-20(14)21-6-4-5-9-33(21)22(34)32(3)15(2)16-11-17(23(26,27)28)13-18(12-16)24(29,30)31/h7-8,10-13,15,21H,4-6,9H2,1-3H3/t15-,21?/m1/s1. The molecule has 2 amide bonds. The molecule has 1 unspecified atom stereocenters. The highest BCUT2D eigenvalue weighted by molar-refractivity contribution is 5.75. The fraction of sp³-hybridized carbons (Fsp3) is 0.458. The minimum atomic E-state index is -4.98. The first-order valence-electron chi connectivity index (χ1n) is 10.8. The van der Waals surface area contributed by atoms with Crippen molar-refractivity contribution in [2.75, 3.05) is 13.6 Å². The summed E-state index contributed by atoms with van der Waals surface area (Å²) in [5, 5.41) is 0. The second-order valence-corrected chi connectivity index (χ2v) is 8.61. The van der Waals surface area contributed by atoms with E-state index in [-0.39, 0.29) is 17.7 Å². The minimum Gasteiger partial charge on any atom is -0.321 e. The fourth-order valence-corrected chi connectivity index (χ4v) is 4.31. The monoisotopic (exact) mass is 490 g/mol. The van der Waals surface area contributed by atoms with Crippen LogP contribution in [-0.4, -0.2) is 29.4 Å². The van der Waals surface area contributed by atoms with E-state index in [0.29, 0.717) is 37.1 Å². The molecule has 2 aromatic carbocycles. The number of piperidine rings is 1. The molecular weight excluding hydrogens is 465 g/mol. The summed E-state index contributed by atoms with van der Waals surface area (Å²) >= 11 is 0. The van der Waals surface area contributed by atoms with Crippen LogP contribution in [0.25, 0.3) is 0 Å². The van der Waals surface area contributed by atoms with Crippen LogP contribution < -0.4 is 0 Å². The van der Waals surface area contributed by atoms with E-state index in [0.717, 1.165) is 16.9 Å². The summed E-state index contributed by atoms with van der Waals surface area (Å²) in [5.74, 6) is -0.411. The normalized spacial score (nSPS) is 18.1. The van der Waals surface area contributed by atoms with E-state index in [4.69, 9.17) is 0 Å². The van der Waals surface area contributed by atoms with Crippen molar-refractivity contribution in [3.63, 3.8) is 0 Å². The van der Waals surface area contributed by atoms with Gasteiger partial charge in [-0.05, 0) is 80.1 Å². The van der Waals surface area contributed by atoms with Gasteiger partial charge in [0.1, 0.15) is 5.82 Å². The number of benzene rings is 2. The maximum atomic E-state index is 13.6. The van der Waals surface area contributed by atoms with Crippen LogP contribution in [0.3, 0.4) is 0 Å². The van der Waals surface area contributed by atoms with Crippen molar-refractivity contribution in [2.45, 2.75) is 57.5 Å². The average Bonchev–Trinajstić information content (AvgIpc) is 2.76. The summed E-state index contributed by atoms with van der Waals surface area (Å²) in [6.07, 6.45) is -7.81. The number of amides is 2. The Balaban J connectivity index is 1.94. The van der Waals surface area contributed by atoms with Crippen LogP contribution in [0, 0.1) is 12.7 Å². The number of likely N-dealkylation sites (tertiary alicyclic amines) is 1. The zero-order valence-electron chi connectivity index (χ0n) is 18.9. The van der Waals surface area contributed by atoms with Gasteiger partial charge in [0, 0.05) is 13.6 Å². The molecule has 0 bridgehead atoms. The molecule has 34 heavy (non-hydrogen) atoms. The highest BCUT2D eigenvalue weighted by atomic mass is 19.4. The van der Waals surface area contributed by atoms with E-state index in [1.54, 1.807) is 17.9 Å². The maximum absolute atomic E-state index is 13.6. The van der Waals surface area contributed by atoms with Crippen LogP contribution in [0.4, 0.5) is 35.5 Å². The van der Waals surface area contributed by atoms with Crippen LogP contribution >= 0.6 is 0 Å². The van der Waals surface area contributed by atoms with Gasteiger partial charge in [-0.25, -0.2) is 9.18 Å². The minimum absolute atomic E-state index is 0.0655. The first-order chi connectivity index (χ1) is 15.7. The van der Waals surface area contributed by atoms with Crippen LogP contribution in [0.15, 0.2) is 36.4 Å². The lowest BCUT2D eigenvalue weighted by molar-refractivity contribution is -0.143. The Hall–Kier alpha value is -2.78. The van der Waals surface area contributed by atoms with Gasteiger partial charge in [0.25, 0.3) is 0 Å². The van der Waals surface area contributed by atoms with Crippen LogP contribution in [0.1, 0.15) is 66.1 Å². The molecule has 0 saturated carbocycles. The second kappa shape index (κ2) is 9.46. The number of hydrogen-bond donors (Lipinski definition) is 0. The quantitative estimate of drug-likeness (QED) is 0.409. The number of urea groups is 1. The third-order valence-electron chi connectivity index (χ3n) is 6.31. The number of carbonyl (C=O) groups excluding carboxylic acids is 1. The van der Waals surface area contributed by atoms with Crippen LogP contribution in [0.5, 0.6) is 0 Å². The molecule has 2 aromatic rings. The molecule has 0 N–H and O–H groups in total. The lowest BCUT2D eigenvalue weighted by Gasteiger charge is -2.40. The van der Waals surface area contributed by atoms with Crippen molar-refractivity contribution in [3.8, 4) is 0 Å². The fourth-order valence-electron chi connectivity index (χ4n) is 4.31. The molecule has 10 heteroatoms. The number of nitrogens with zero attached hydrogens (tertiary/aromatic N) is 2. The zero-order valence-corrected chi connectivity index (χ0v) is 18.9. The Morgan fingerprint density at radius 3 is 2.12 bits per heavy atom.